The molecule has 3 heteroatoms. The number of hydrogen-bond acceptors (Lipinski definition) is 3. The van der Waals surface area contributed by atoms with Crippen LogP contribution in [-0.4, -0.2) is 16.5 Å². The summed E-state index contributed by atoms with van der Waals surface area (Å²) in [7, 11) is 0. The molecule has 1 N–H and O–H groups in total. The first-order chi connectivity index (χ1) is 8.83. The molecule has 1 unspecified atom stereocenters. The summed E-state index contributed by atoms with van der Waals surface area (Å²) < 4.78 is 0. The van der Waals surface area contributed by atoms with Crippen molar-refractivity contribution in [3.05, 3.63) is 59.7 Å². The fourth-order valence-electron chi connectivity index (χ4n) is 2.04. The average molecular weight is 241 g/mol. The van der Waals surface area contributed by atoms with E-state index in [4.69, 9.17) is 0 Å². The molecule has 0 saturated carbocycles. The number of hydrogen-bond donors (Lipinski definition) is 1. The third-order valence-corrected chi connectivity index (χ3v) is 3.00. The van der Waals surface area contributed by atoms with E-state index in [1.165, 1.54) is 11.1 Å². The second-order valence-corrected chi connectivity index (χ2v) is 4.38. The van der Waals surface area contributed by atoms with Crippen LogP contribution in [0.3, 0.4) is 0 Å². The van der Waals surface area contributed by atoms with Gasteiger partial charge < -0.3 is 5.32 Å². The quantitative estimate of drug-likeness (QED) is 0.874. The molecule has 1 atom stereocenters. The number of nitrogens with zero attached hydrogens (tertiary/aromatic N) is 2. The highest BCUT2D eigenvalue weighted by molar-refractivity contribution is 5.33. The summed E-state index contributed by atoms with van der Waals surface area (Å²) in [6.45, 7) is 5.28. The molecule has 0 radical (unpaired) electrons. The maximum atomic E-state index is 4.38. The van der Waals surface area contributed by atoms with Gasteiger partial charge in [-0.25, -0.2) is 9.97 Å². The Morgan fingerprint density at radius 3 is 2.72 bits per heavy atom. The zero-order valence-corrected chi connectivity index (χ0v) is 10.9. The van der Waals surface area contributed by atoms with Crippen molar-refractivity contribution in [3.63, 3.8) is 0 Å². The molecule has 0 aliphatic carbocycles. The van der Waals surface area contributed by atoms with Crippen LogP contribution in [0.15, 0.2) is 42.9 Å². The van der Waals surface area contributed by atoms with Crippen molar-refractivity contribution in [3.8, 4) is 0 Å². The topological polar surface area (TPSA) is 37.8 Å². The number of nitrogens with one attached hydrogen (secondary N) is 1. The van der Waals surface area contributed by atoms with Crippen LogP contribution < -0.4 is 5.32 Å². The molecular weight excluding hydrogens is 222 g/mol. The number of aryl methyl sites for hydroxylation is 1. The smallest absolute Gasteiger partial charge is 0.115 e. The maximum absolute atomic E-state index is 4.38. The Morgan fingerprint density at radius 2 is 2.06 bits per heavy atom. The summed E-state index contributed by atoms with van der Waals surface area (Å²) in [5, 5.41) is 3.55. The highest BCUT2D eigenvalue weighted by Crippen LogP contribution is 2.22. The van der Waals surface area contributed by atoms with Crippen molar-refractivity contribution in [2.75, 3.05) is 6.54 Å². The Labute approximate surface area is 108 Å². The van der Waals surface area contributed by atoms with E-state index in [0.29, 0.717) is 0 Å². The van der Waals surface area contributed by atoms with Gasteiger partial charge in [0.2, 0.25) is 0 Å². The first-order valence-electron chi connectivity index (χ1n) is 6.37. The number of aromatic nitrogens is 2. The normalized spacial score (nSPS) is 12.3. The molecular formula is C15H19N3. The standard InChI is InChI=1S/C15H19N3/c1-3-9-17-15(14-8-10-16-11-18-14)13-7-5-4-6-12(13)2/h4-8,10-11,15,17H,3,9H2,1-2H3. The molecule has 94 valence electrons. The Kier molecular flexibility index (Phi) is 4.42. The lowest BCUT2D eigenvalue weighted by Gasteiger charge is -2.20. The zero-order chi connectivity index (χ0) is 12.8. The van der Waals surface area contributed by atoms with E-state index in [1.807, 2.05) is 6.07 Å². The minimum Gasteiger partial charge on any atom is -0.305 e. The van der Waals surface area contributed by atoms with Crippen LogP contribution in [0.2, 0.25) is 0 Å². The van der Waals surface area contributed by atoms with Crippen LogP contribution in [-0.2, 0) is 0 Å². The average Bonchev–Trinajstić information content (AvgIpc) is 2.42. The van der Waals surface area contributed by atoms with Crippen molar-refractivity contribution < 1.29 is 0 Å². The predicted octanol–water partition coefficient (Wildman–Crippen LogP) is 2.87. The fourth-order valence-corrected chi connectivity index (χ4v) is 2.04. The van der Waals surface area contributed by atoms with Crippen LogP contribution in [0.5, 0.6) is 0 Å². The van der Waals surface area contributed by atoms with Gasteiger partial charge in [0, 0.05) is 6.20 Å². The van der Waals surface area contributed by atoms with E-state index in [9.17, 15) is 0 Å². The van der Waals surface area contributed by atoms with Crippen LogP contribution in [0.25, 0.3) is 0 Å². The molecule has 0 amide bonds. The number of rotatable bonds is 5. The van der Waals surface area contributed by atoms with Crippen molar-refractivity contribution in [2.45, 2.75) is 26.3 Å². The number of benzene rings is 1. The molecule has 2 rings (SSSR count). The zero-order valence-electron chi connectivity index (χ0n) is 10.9. The molecule has 1 aromatic heterocycles. The Hall–Kier alpha value is -1.74. The Balaban J connectivity index is 2.34. The van der Waals surface area contributed by atoms with Gasteiger partial charge in [0.05, 0.1) is 11.7 Å². The van der Waals surface area contributed by atoms with Crippen LogP contribution in [0, 0.1) is 6.92 Å². The van der Waals surface area contributed by atoms with E-state index in [0.717, 1.165) is 18.7 Å². The van der Waals surface area contributed by atoms with Crippen molar-refractivity contribution in [2.24, 2.45) is 0 Å². The molecule has 0 bridgehead atoms. The van der Waals surface area contributed by atoms with E-state index in [2.05, 4.69) is 53.4 Å². The lowest BCUT2D eigenvalue weighted by atomic mass is 9.98. The van der Waals surface area contributed by atoms with Gasteiger partial charge in [-0.15, -0.1) is 0 Å². The largest absolute Gasteiger partial charge is 0.305 e. The van der Waals surface area contributed by atoms with Gasteiger partial charge >= 0.3 is 0 Å². The van der Waals surface area contributed by atoms with Crippen LogP contribution in [0.1, 0.15) is 36.2 Å². The molecule has 3 nitrogen and oxygen atoms in total. The summed E-state index contributed by atoms with van der Waals surface area (Å²) in [4.78, 5) is 8.36. The molecule has 0 spiro atoms. The lowest BCUT2D eigenvalue weighted by molar-refractivity contribution is 0.583. The summed E-state index contributed by atoms with van der Waals surface area (Å²) >= 11 is 0. The molecule has 0 aliphatic rings. The second kappa shape index (κ2) is 6.26. The molecule has 1 heterocycles. The van der Waals surface area contributed by atoms with Crippen molar-refractivity contribution >= 4 is 0 Å². The third kappa shape index (κ3) is 2.93. The lowest BCUT2D eigenvalue weighted by Crippen LogP contribution is -2.24. The first-order valence-corrected chi connectivity index (χ1v) is 6.37. The summed E-state index contributed by atoms with van der Waals surface area (Å²) in [5.41, 5.74) is 3.59. The fraction of sp³-hybridized carbons (Fsp3) is 0.333. The minimum absolute atomic E-state index is 0.147. The molecule has 1 aromatic carbocycles. The maximum Gasteiger partial charge on any atom is 0.115 e. The summed E-state index contributed by atoms with van der Waals surface area (Å²) in [6, 6.07) is 10.6. The van der Waals surface area contributed by atoms with Gasteiger partial charge in [-0.2, -0.15) is 0 Å². The van der Waals surface area contributed by atoms with Gasteiger partial charge in [-0.1, -0.05) is 31.2 Å². The molecule has 0 aliphatic heterocycles. The van der Waals surface area contributed by atoms with Gasteiger partial charge in [0.1, 0.15) is 6.33 Å². The van der Waals surface area contributed by atoms with Gasteiger partial charge in [0.15, 0.2) is 0 Å². The second-order valence-electron chi connectivity index (χ2n) is 4.38. The molecule has 18 heavy (non-hydrogen) atoms. The molecule has 2 aromatic rings. The van der Waals surface area contributed by atoms with Crippen LogP contribution >= 0.6 is 0 Å². The van der Waals surface area contributed by atoms with Gasteiger partial charge in [-0.3, -0.25) is 0 Å². The van der Waals surface area contributed by atoms with E-state index < -0.39 is 0 Å². The van der Waals surface area contributed by atoms with Crippen LogP contribution in [0.4, 0.5) is 0 Å². The van der Waals surface area contributed by atoms with Gasteiger partial charge in [-0.05, 0) is 37.1 Å². The highest BCUT2D eigenvalue weighted by atomic mass is 15.0. The monoisotopic (exact) mass is 241 g/mol. The first kappa shape index (κ1) is 12.7. The van der Waals surface area contributed by atoms with E-state index in [-0.39, 0.29) is 6.04 Å². The summed E-state index contributed by atoms with van der Waals surface area (Å²) in [6.07, 6.45) is 4.50. The van der Waals surface area contributed by atoms with Crippen molar-refractivity contribution in [1.82, 2.24) is 15.3 Å². The highest BCUT2D eigenvalue weighted by Gasteiger charge is 2.15. The van der Waals surface area contributed by atoms with Crippen molar-refractivity contribution in [1.29, 1.82) is 0 Å². The summed E-state index contributed by atoms with van der Waals surface area (Å²) in [5.74, 6) is 0. The van der Waals surface area contributed by atoms with Gasteiger partial charge in [0.25, 0.3) is 0 Å². The van der Waals surface area contributed by atoms with E-state index >= 15 is 0 Å². The molecule has 0 saturated heterocycles. The predicted molar refractivity (Wildman–Crippen MR) is 73.3 cm³/mol. The minimum atomic E-state index is 0.147. The molecule has 0 fully saturated rings. The third-order valence-electron chi connectivity index (χ3n) is 3.00. The SMILES string of the molecule is CCCNC(c1ccncn1)c1ccccc1C. The Bertz CT molecular complexity index is 482. The van der Waals surface area contributed by atoms with E-state index in [1.54, 1.807) is 12.5 Å². The Morgan fingerprint density at radius 1 is 1.22 bits per heavy atom.